The molecule has 1 aromatic rings. The Morgan fingerprint density at radius 3 is 3.00 bits per heavy atom. The molecule has 0 bridgehead atoms. The highest BCUT2D eigenvalue weighted by molar-refractivity contribution is 5.89. The Morgan fingerprint density at radius 1 is 1.50 bits per heavy atom. The summed E-state index contributed by atoms with van der Waals surface area (Å²) in [5.74, 6) is 0.514. The normalized spacial score (nSPS) is 21.6. The number of hydrogen-bond acceptors (Lipinski definition) is 4. The van der Waals surface area contributed by atoms with Crippen molar-refractivity contribution in [2.75, 3.05) is 26.7 Å². The van der Waals surface area contributed by atoms with Crippen molar-refractivity contribution in [3.05, 3.63) is 24.2 Å². The third kappa shape index (κ3) is 3.68. The molecule has 2 amide bonds. The van der Waals surface area contributed by atoms with Crippen LogP contribution in [0.25, 0.3) is 0 Å². The van der Waals surface area contributed by atoms with Crippen LogP contribution in [0.4, 0.5) is 0 Å². The maximum Gasteiger partial charge on any atom is 0.225 e. The number of carbonyl (C=O) groups is 2. The fraction of sp³-hybridized carbons (Fsp3) is 0.625. The Morgan fingerprint density at radius 2 is 2.32 bits per heavy atom. The van der Waals surface area contributed by atoms with Crippen molar-refractivity contribution in [3.8, 4) is 0 Å². The molecule has 22 heavy (non-hydrogen) atoms. The number of nitrogens with zero attached hydrogens (tertiary/aromatic N) is 2. The fourth-order valence-electron chi connectivity index (χ4n) is 2.89. The summed E-state index contributed by atoms with van der Waals surface area (Å²) in [4.78, 5) is 28.1. The van der Waals surface area contributed by atoms with Crippen LogP contribution in [0.2, 0.25) is 0 Å². The summed E-state index contributed by atoms with van der Waals surface area (Å²) in [5.41, 5.74) is 0. The topological polar surface area (TPSA) is 65.8 Å². The molecule has 0 aromatic carbocycles. The van der Waals surface area contributed by atoms with Crippen molar-refractivity contribution in [2.24, 2.45) is 5.92 Å². The van der Waals surface area contributed by atoms with Crippen molar-refractivity contribution in [1.29, 1.82) is 0 Å². The van der Waals surface area contributed by atoms with Crippen LogP contribution in [0.5, 0.6) is 0 Å². The number of hydrogen-bond donors (Lipinski definition) is 1. The lowest BCUT2D eigenvalue weighted by molar-refractivity contribution is -0.129. The molecule has 1 aromatic heterocycles. The van der Waals surface area contributed by atoms with Crippen LogP contribution in [0.15, 0.2) is 22.8 Å². The quantitative estimate of drug-likeness (QED) is 0.810. The molecule has 2 heterocycles. The number of rotatable bonds is 7. The van der Waals surface area contributed by atoms with E-state index in [0.717, 1.165) is 12.3 Å². The number of likely N-dealkylation sites (tertiary alicyclic amines) is 1. The van der Waals surface area contributed by atoms with E-state index in [9.17, 15) is 9.59 Å². The first-order chi connectivity index (χ1) is 10.6. The highest BCUT2D eigenvalue weighted by Gasteiger charge is 2.34. The van der Waals surface area contributed by atoms with Gasteiger partial charge >= 0.3 is 0 Å². The summed E-state index contributed by atoms with van der Waals surface area (Å²) in [5, 5.41) is 2.96. The lowest BCUT2D eigenvalue weighted by Gasteiger charge is -2.17. The van der Waals surface area contributed by atoms with E-state index in [2.05, 4.69) is 17.3 Å². The maximum atomic E-state index is 12.2. The van der Waals surface area contributed by atoms with Crippen molar-refractivity contribution in [1.82, 2.24) is 15.1 Å². The van der Waals surface area contributed by atoms with Gasteiger partial charge in [0.25, 0.3) is 0 Å². The average molecular weight is 305 g/mol. The molecule has 1 saturated carbocycles. The third-order valence-electron chi connectivity index (χ3n) is 4.45. The molecule has 1 N–H and O–H groups in total. The average Bonchev–Trinajstić information content (AvgIpc) is 3.12. The first-order valence-corrected chi connectivity index (χ1v) is 7.91. The summed E-state index contributed by atoms with van der Waals surface area (Å²) in [6, 6.07) is 4.35. The van der Waals surface area contributed by atoms with Crippen LogP contribution in [0, 0.1) is 5.92 Å². The first kappa shape index (κ1) is 15.1. The molecular formula is C16H23N3O3. The van der Waals surface area contributed by atoms with Crippen molar-refractivity contribution in [3.63, 3.8) is 0 Å². The predicted octanol–water partition coefficient (Wildman–Crippen LogP) is 0.839. The van der Waals surface area contributed by atoms with E-state index in [0.29, 0.717) is 32.1 Å². The lowest BCUT2D eigenvalue weighted by atomic mass is 10.1. The summed E-state index contributed by atoms with van der Waals surface area (Å²) < 4.78 is 5.26. The van der Waals surface area contributed by atoms with Gasteiger partial charge in [-0.1, -0.05) is 0 Å². The number of likely N-dealkylation sites (N-methyl/N-ethyl adjacent to an activating group) is 1. The van der Waals surface area contributed by atoms with E-state index in [1.165, 1.54) is 12.8 Å². The molecule has 1 aliphatic carbocycles. The number of carbonyl (C=O) groups excluding carboxylic acids is 2. The van der Waals surface area contributed by atoms with Crippen LogP contribution < -0.4 is 5.32 Å². The van der Waals surface area contributed by atoms with Crippen LogP contribution in [-0.4, -0.2) is 54.3 Å². The highest BCUT2D eigenvalue weighted by atomic mass is 16.3. The van der Waals surface area contributed by atoms with E-state index in [1.807, 2.05) is 6.07 Å². The molecule has 3 rings (SSSR count). The van der Waals surface area contributed by atoms with Gasteiger partial charge in [-0.3, -0.25) is 9.59 Å². The van der Waals surface area contributed by atoms with Gasteiger partial charge in [0, 0.05) is 32.1 Å². The zero-order chi connectivity index (χ0) is 15.5. The lowest BCUT2D eigenvalue weighted by Crippen LogP contribution is -2.38. The Kier molecular flexibility index (Phi) is 4.47. The van der Waals surface area contributed by atoms with E-state index in [1.54, 1.807) is 17.2 Å². The van der Waals surface area contributed by atoms with Gasteiger partial charge in [-0.15, -0.1) is 0 Å². The molecule has 2 aliphatic rings. The minimum Gasteiger partial charge on any atom is -0.467 e. The zero-order valence-corrected chi connectivity index (χ0v) is 13.0. The SMILES string of the molecule is CN(CCNC(=O)[C@@H]1CC(=O)N(Cc2ccco2)C1)C1CC1. The second kappa shape index (κ2) is 6.52. The largest absolute Gasteiger partial charge is 0.467 e. The van der Waals surface area contributed by atoms with Gasteiger partial charge in [0.15, 0.2) is 0 Å². The molecule has 0 radical (unpaired) electrons. The van der Waals surface area contributed by atoms with Crippen LogP contribution >= 0.6 is 0 Å². The second-order valence-corrected chi connectivity index (χ2v) is 6.26. The second-order valence-electron chi connectivity index (χ2n) is 6.26. The van der Waals surface area contributed by atoms with Crippen LogP contribution in [0.1, 0.15) is 25.0 Å². The smallest absolute Gasteiger partial charge is 0.225 e. The third-order valence-corrected chi connectivity index (χ3v) is 4.45. The Balaban J connectivity index is 1.42. The van der Waals surface area contributed by atoms with Crippen molar-refractivity contribution in [2.45, 2.75) is 31.8 Å². The van der Waals surface area contributed by atoms with Crippen molar-refractivity contribution < 1.29 is 14.0 Å². The van der Waals surface area contributed by atoms with Crippen LogP contribution in [0.3, 0.4) is 0 Å². The molecule has 1 saturated heterocycles. The molecule has 1 aliphatic heterocycles. The molecule has 6 nitrogen and oxygen atoms in total. The minimum absolute atomic E-state index is 0.0144. The van der Waals surface area contributed by atoms with E-state index < -0.39 is 0 Å². The Bertz CT molecular complexity index is 525. The van der Waals surface area contributed by atoms with Gasteiger partial charge in [0.05, 0.1) is 18.7 Å². The van der Waals surface area contributed by atoms with Gasteiger partial charge in [-0.2, -0.15) is 0 Å². The molecule has 2 fully saturated rings. The summed E-state index contributed by atoms with van der Waals surface area (Å²) in [6.45, 7) is 2.44. The van der Waals surface area contributed by atoms with Gasteiger partial charge in [0.2, 0.25) is 11.8 Å². The molecule has 0 unspecified atom stereocenters. The van der Waals surface area contributed by atoms with Crippen molar-refractivity contribution >= 4 is 11.8 Å². The van der Waals surface area contributed by atoms with Gasteiger partial charge < -0.3 is 19.5 Å². The zero-order valence-electron chi connectivity index (χ0n) is 13.0. The molecule has 120 valence electrons. The molecule has 1 atom stereocenters. The predicted molar refractivity (Wildman–Crippen MR) is 80.9 cm³/mol. The molecule has 6 heteroatoms. The number of furan rings is 1. The number of nitrogens with one attached hydrogen (secondary N) is 1. The molecular weight excluding hydrogens is 282 g/mol. The summed E-state index contributed by atoms with van der Waals surface area (Å²) in [6.07, 6.45) is 4.42. The highest BCUT2D eigenvalue weighted by Crippen LogP contribution is 2.24. The summed E-state index contributed by atoms with van der Waals surface area (Å²) >= 11 is 0. The van der Waals surface area contributed by atoms with Crippen LogP contribution in [-0.2, 0) is 16.1 Å². The number of amides is 2. The Hall–Kier alpha value is -1.82. The minimum atomic E-state index is -0.242. The van der Waals surface area contributed by atoms with E-state index >= 15 is 0 Å². The first-order valence-electron chi connectivity index (χ1n) is 7.91. The fourth-order valence-corrected chi connectivity index (χ4v) is 2.89. The standard InChI is InChI=1S/C16H23N3O3/c1-18(13-4-5-13)7-6-17-16(21)12-9-15(20)19(10-12)11-14-3-2-8-22-14/h2-3,8,12-13H,4-7,9-11H2,1H3,(H,17,21)/t12-/m1/s1. The maximum absolute atomic E-state index is 12.2. The van der Waals surface area contributed by atoms with Gasteiger partial charge in [-0.05, 0) is 32.0 Å². The van der Waals surface area contributed by atoms with Gasteiger partial charge in [-0.25, -0.2) is 0 Å². The van der Waals surface area contributed by atoms with Gasteiger partial charge in [0.1, 0.15) is 5.76 Å². The monoisotopic (exact) mass is 305 g/mol. The molecule has 0 spiro atoms. The van der Waals surface area contributed by atoms with E-state index in [4.69, 9.17) is 4.42 Å². The summed E-state index contributed by atoms with van der Waals surface area (Å²) in [7, 11) is 2.09. The Labute approximate surface area is 130 Å². The van der Waals surface area contributed by atoms with E-state index in [-0.39, 0.29) is 17.7 Å².